The summed E-state index contributed by atoms with van der Waals surface area (Å²) in [5.41, 5.74) is 5.98. The third-order valence-corrected chi connectivity index (χ3v) is 8.14. The van der Waals surface area contributed by atoms with Gasteiger partial charge >= 0.3 is 7.12 Å². The van der Waals surface area contributed by atoms with Gasteiger partial charge in [0, 0.05) is 28.2 Å². The maximum Gasteiger partial charge on any atom is 0.497 e. The van der Waals surface area contributed by atoms with Crippen LogP contribution in [0.25, 0.3) is 27.5 Å². The van der Waals surface area contributed by atoms with E-state index in [-0.39, 0.29) is 0 Å². The molecule has 2 aliphatic heterocycles. The Morgan fingerprint density at radius 1 is 0.694 bits per heavy atom. The lowest BCUT2D eigenvalue weighted by molar-refractivity contribution is 0.00578. The molecule has 0 spiro atoms. The highest BCUT2D eigenvalue weighted by atomic mass is 16.7. The Morgan fingerprint density at radius 3 is 2.19 bits per heavy atom. The molecule has 36 heavy (non-hydrogen) atoms. The van der Waals surface area contributed by atoms with Crippen LogP contribution in [0.15, 0.2) is 84.9 Å². The zero-order valence-electron chi connectivity index (χ0n) is 21.0. The van der Waals surface area contributed by atoms with Crippen molar-refractivity contribution in [1.29, 1.82) is 0 Å². The van der Waals surface area contributed by atoms with E-state index >= 15 is 0 Å². The maximum atomic E-state index is 6.54. The highest BCUT2D eigenvalue weighted by Crippen LogP contribution is 2.42. The molecular formula is C31H28BNO3. The molecule has 1 aromatic heterocycles. The minimum Gasteiger partial charge on any atom is -0.457 e. The predicted molar refractivity (Wildman–Crippen MR) is 146 cm³/mol. The lowest BCUT2D eigenvalue weighted by atomic mass is 9.77. The smallest absolute Gasteiger partial charge is 0.457 e. The van der Waals surface area contributed by atoms with Crippen molar-refractivity contribution >= 4 is 34.4 Å². The van der Waals surface area contributed by atoms with Crippen molar-refractivity contribution in [2.24, 2.45) is 0 Å². The van der Waals surface area contributed by atoms with Gasteiger partial charge in [0.25, 0.3) is 0 Å². The van der Waals surface area contributed by atoms with Crippen molar-refractivity contribution in [2.45, 2.75) is 45.3 Å². The second-order valence-electron chi connectivity index (χ2n) is 10.8. The Hall–Kier alpha value is -3.54. The van der Waals surface area contributed by atoms with Gasteiger partial charge < -0.3 is 18.6 Å². The Labute approximate surface area is 211 Å². The molecule has 5 aromatic rings. The first-order chi connectivity index (χ1) is 17.3. The highest BCUT2D eigenvalue weighted by Gasteiger charge is 2.52. The molecule has 0 radical (unpaired) electrons. The van der Waals surface area contributed by atoms with Gasteiger partial charge in [0.2, 0.25) is 0 Å². The van der Waals surface area contributed by atoms with E-state index < -0.39 is 18.3 Å². The van der Waals surface area contributed by atoms with Crippen LogP contribution in [0.1, 0.15) is 38.8 Å². The monoisotopic (exact) mass is 473 g/mol. The Balaban J connectivity index is 1.51. The van der Waals surface area contributed by atoms with Crippen LogP contribution >= 0.6 is 0 Å². The number of para-hydroxylation sites is 3. The lowest BCUT2D eigenvalue weighted by Crippen LogP contribution is -2.41. The molecule has 2 aliphatic rings. The van der Waals surface area contributed by atoms with E-state index in [1.54, 1.807) is 0 Å². The first-order valence-electron chi connectivity index (χ1n) is 12.6. The molecule has 3 heterocycles. The molecule has 5 heteroatoms. The van der Waals surface area contributed by atoms with E-state index in [4.69, 9.17) is 14.0 Å². The number of fused-ring (bicyclic) bond motifs is 5. The van der Waals surface area contributed by atoms with Gasteiger partial charge in [-0.15, -0.1) is 0 Å². The third kappa shape index (κ3) is 3.03. The lowest BCUT2D eigenvalue weighted by Gasteiger charge is -2.32. The molecule has 1 fully saturated rings. The van der Waals surface area contributed by atoms with Crippen molar-refractivity contribution in [3.05, 3.63) is 96.1 Å². The summed E-state index contributed by atoms with van der Waals surface area (Å²) in [5, 5.41) is 2.40. The van der Waals surface area contributed by atoms with Crippen LogP contribution in [-0.4, -0.2) is 22.9 Å². The van der Waals surface area contributed by atoms with Crippen LogP contribution in [0.3, 0.4) is 0 Å². The molecule has 178 valence electrons. The topological polar surface area (TPSA) is 32.6 Å². The van der Waals surface area contributed by atoms with Crippen molar-refractivity contribution in [2.75, 3.05) is 0 Å². The molecule has 4 nitrogen and oxygen atoms in total. The minimum atomic E-state index is -0.460. The molecular weight excluding hydrogens is 445 g/mol. The number of ether oxygens (including phenoxy) is 1. The summed E-state index contributed by atoms with van der Waals surface area (Å²) in [6.07, 6.45) is 0.814. The summed E-state index contributed by atoms with van der Waals surface area (Å²) >= 11 is 0. The SMILES string of the molecule is CC1(C)OB(c2cccc3c4ccccc4n(-c4cccc5c4Cc4ccccc4O5)c23)OC1(C)C. The summed E-state index contributed by atoms with van der Waals surface area (Å²) in [7, 11) is -0.460. The second kappa shape index (κ2) is 7.48. The summed E-state index contributed by atoms with van der Waals surface area (Å²) in [4.78, 5) is 0. The minimum absolute atomic E-state index is 0.417. The van der Waals surface area contributed by atoms with Crippen LogP contribution < -0.4 is 10.2 Å². The number of rotatable bonds is 2. The quantitative estimate of drug-likeness (QED) is 0.260. The van der Waals surface area contributed by atoms with Crippen LogP contribution in [0.4, 0.5) is 0 Å². The Kier molecular flexibility index (Phi) is 4.52. The van der Waals surface area contributed by atoms with Crippen LogP contribution in [0, 0.1) is 0 Å². The zero-order chi connectivity index (χ0) is 24.7. The molecule has 0 amide bonds. The van der Waals surface area contributed by atoms with E-state index in [0.717, 1.165) is 40.1 Å². The van der Waals surface area contributed by atoms with Crippen molar-refractivity contribution < 1.29 is 14.0 Å². The van der Waals surface area contributed by atoms with Gasteiger partial charge in [-0.05, 0) is 57.5 Å². The number of benzene rings is 4. The van der Waals surface area contributed by atoms with E-state index in [1.807, 2.05) is 12.1 Å². The Morgan fingerprint density at radius 2 is 1.36 bits per heavy atom. The molecule has 4 aromatic carbocycles. The summed E-state index contributed by atoms with van der Waals surface area (Å²) in [6, 6.07) is 29.7. The largest absolute Gasteiger partial charge is 0.497 e. The molecule has 1 saturated heterocycles. The first kappa shape index (κ1) is 21.7. The van der Waals surface area contributed by atoms with E-state index in [0.29, 0.717) is 0 Å². The van der Waals surface area contributed by atoms with Gasteiger partial charge in [0.05, 0.1) is 27.9 Å². The van der Waals surface area contributed by atoms with Crippen molar-refractivity contribution in [1.82, 2.24) is 4.57 Å². The molecule has 0 saturated carbocycles. The van der Waals surface area contributed by atoms with Gasteiger partial charge in [-0.2, -0.15) is 0 Å². The number of aromatic nitrogens is 1. The molecule has 0 aliphatic carbocycles. The fourth-order valence-electron chi connectivity index (χ4n) is 5.55. The van der Waals surface area contributed by atoms with Crippen LogP contribution in [-0.2, 0) is 15.7 Å². The normalized spacial score (nSPS) is 17.7. The summed E-state index contributed by atoms with van der Waals surface area (Å²) < 4.78 is 21.8. The molecule has 7 rings (SSSR count). The van der Waals surface area contributed by atoms with E-state index in [9.17, 15) is 0 Å². The van der Waals surface area contributed by atoms with Crippen LogP contribution in [0.2, 0.25) is 0 Å². The standard InChI is InChI=1S/C31H28BNO3/c1-30(2)31(3,4)36-32(35-30)24-14-9-13-22-21-12-6-7-15-25(21)33(29(22)24)26-16-10-18-28-23(26)19-20-11-5-8-17-27(20)34-28/h5-18H,19H2,1-4H3. The molecule has 0 N–H and O–H groups in total. The highest BCUT2D eigenvalue weighted by molar-refractivity contribution is 6.65. The van der Waals surface area contributed by atoms with Gasteiger partial charge in [-0.1, -0.05) is 60.7 Å². The van der Waals surface area contributed by atoms with Gasteiger partial charge in [0.15, 0.2) is 0 Å². The number of hydrogen-bond acceptors (Lipinski definition) is 3. The van der Waals surface area contributed by atoms with Gasteiger partial charge in [0.1, 0.15) is 11.5 Å². The molecule has 0 atom stereocenters. The van der Waals surface area contributed by atoms with E-state index in [1.165, 1.54) is 21.9 Å². The average molecular weight is 473 g/mol. The van der Waals surface area contributed by atoms with Gasteiger partial charge in [-0.3, -0.25) is 0 Å². The average Bonchev–Trinajstić information content (AvgIpc) is 3.32. The van der Waals surface area contributed by atoms with Crippen LogP contribution in [0.5, 0.6) is 11.5 Å². The van der Waals surface area contributed by atoms with Gasteiger partial charge in [-0.25, -0.2) is 0 Å². The third-order valence-electron chi connectivity index (χ3n) is 8.14. The molecule has 0 bridgehead atoms. The van der Waals surface area contributed by atoms with E-state index in [2.05, 4.69) is 105 Å². The maximum absolute atomic E-state index is 6.54. The second-order valence-corrected chi connectivity index (χ2v) is 10.8. The Bertz CT molecular complexity index is 1650. The summed E-state index contributed by atoms with van der Waals surface area (Å²) in [6.45, 7) is 8.41. The fourth-order valence-corrected chi connectivity index (χ4v) is 5.55. The zero-order valence-corrected chi connectivity index (χ0v) is 21.0. The number of hydrogen-bond donors (Lipinski definition) is 0. The predicted octanol–water partition coefficient (Wildman–Crippen LogP) is 6.78. The fraction of sp³-hybridized carbons (Fsp3) is 0.226. The summed E-state index contributed by atoms with van der Waals surface area (Å²) in [5.74, 6) is 1.84. The van der Waals surface area contributed by atoms with Crippen molar-refractivity contribution in [3.8, 4) is 17.2 Å². The number of nitrogens with zero attached hydrogens (tertiary/aromatic N) is 1. The van der Waals surface area contributed by atoms with Crippen molar-refractivity contribution in [3.63, 3.8) is 0 Å². The molecule has 0 unspecified atom stereocenters. The first-order valence-corrected chi connectivity index (χ1v) is 12.6.